The third kappa shape index (κ3) is 6.43. The number of fused-ring (bicyclic) bond motifs is 2. The number of hydrogen-bond acceptors (Lipinski definition) is 0. The van der Waals surface area contributed by atoms with Crippen LogP contribution in [0.4, 0.5) is 52.7 Å². The molecule has 0 radical (unpaired) electrons. The number of rotatable bonds is 5. The van der Waals surface area contributed by atoms with Crippen LogP contribution in [0.25, 0.3) is 34.4 Å². The van der Waals surface area contributed by atoms with Gasteiger partial charge in [-0.3, -0.25) is 0 Å². The summed E-state index contributed by atoms with van der Waals surface area (Å²) in [6, 6.07) is 15.6. The van der Waals surface area contributed by atoms with Crippen molar-refractivity contribution in [3.63, 3.8) is 0 Å². The summed E-state index contributed by atoms with van der Waals surface area (Å²) in [7, 11) is 15.3. The molecule has 4 aromatic carbocycles. The SMILES string of the molecule is C[SiH](C)[Zr]([Cl])([Cl])([CH]1C(C(F)(F)F)=Cc2c(-c3ccc(C(F)(F)F)cc3)cccc21)[CH]1C(C(F)(F)F)=Cc2c(-c3ccc(C(F)(F)F)cc3)cccc21. The zero-order valence-electron chi connectivity index (χ0n) is 26.8. The number of benzene rings is 4. The van der Waals surface area contributed by atoms with Gasteiger partial charge in [0.05, 0.1) is 0 Å². The van der Waals surface area contributed by atoms with Crippen LogP contribution in [0.15, 0.2) is 96.1 Å². The summed E-state index contributed by atoms with van der Waals surface area (Å²) >= 11 is -6.77. The van der Waals surface area contributed by atoms with Crippen LogP contribution in [0.1, 0.15) is 40.6 Å². The van der Waals surface area contributed by atoms with E-state index in [0.717, 1.165) is 60.7 Å². The Balaban J connectivity index is 1.60. The van der Waals surface area contributed by atoms with Crippen LogP contribution in [-0.2, 0) is 27.9 Å². The van der Waals surface area contributed by atoms with Gasteiger partial charge in [-0.2, -0.15) is 0 Å². The predicted molar refractivity (Wildman–Crippen MR) is 178 cm³/mol. The Morgan fingerprint density at radius 3 is 1.08 bits per heavy atom. The van der Waals surface area contributed by atoms with Crippen molar-refractivity contribution in [2.45, 2.75) is 45.1 Å². The second-order valence-electron chi connectivity index (χ2n) is 13.2. The number of hydrogen-bond donors (Lipinski definition) is 0. The van der Waals surface area contributed by atoms with Crippen molar-refractivity contribution in [2.24, 2.45) is 0 Å². The zero-order chi connectivity index (χ0) is 38.4. The monoisotopic (exact) mass is 873 g/mol. The average molecular weight is 876 g/mol. The van der Waals surface area contributed by atoms with Crippen LogP contribution in [-0.4, -0.2) is 18.3 Å². The Bertz CT molecular complexity index is 1960. The molecule has 0 aromatic heterocycles. The minimum absolute atomic E-state index is 0.0647. The quantitative estimate of drug-likeness (QED) is 0.138. The molecule has 2 atom stereocenters. The summed E-state index contributed by atoms with van der Waals surface area (Å²) < 4.78 is 167. The Hall–Kier alpha value is -2.80. The molecule has 0 saturated carbocycles. The molecule has 6 rings (SSSR count). The molecule has 0 nitrogen and oxygen atoms in total. The molecule has 16 heteroatoms. The fourth-order valence-electron chi connectivity index (χ4n) is 7.50. The molecule has 2 aliphatic carbocycles. The molecule has 4 aromatic rings. The van der Waals surface area contributed by atoms with Gasteiger partial charge in [0.25, 0.3) is 0 Å². The van der Waals surface area contributed by atoms with Gasteiger partial charge in [-0.25, -0.2) is 0 Å². The molecule has 0 bridgehead atoms. The summed E-state index contributed by atoms with van der Waals surface area (Å²) in [4.78, 5) is 0. The Kier molecular flexibility index (Phi) is 9.45. The van der Waals surface area contributed by atoms with E-state index in [1.807, 2.05) is 0 Å². The first-order valence-corrected chi connectivity index (χ1v) is 31.9. The van der Waals surface area contributed by atoms with Crippen molar-refractivity contribution in [2.75, 3.05) is 0 Å². The molecular weight excluding hydrogens is 851 g/mol. The normalized spacial score (nSPS) is 18.8. The van der Waals surface area contributed by atoms with E-state index in [1.54, 1.807) is 0 Å². The molecule has 0 heterocycles. The van der Waals surface area contributed by atoms with E-state index < -0.39 is 75.7 Å². The van der Waals surface area contributed by atoms with Crippen LogP contribution >= 0.6 is 17.0 Å². The van der Waals surface area contributed by atoms with Crippen LogP contribution < -0.4 is 0 Å². The van der Waals surface area contributed by atoms with Crippen LogP contribution in [0.3, 0.4) is 0 Å². The molecule has 52 heavy (non-hydrogen) atoms. The van der Waals surface area contributed by atoms with Gasteiger partial charge in [0.15, 0.2) is 0 Å². The van der Waals surface area contributed by atoms with Gasteiger partial charge in [-0.1, -0.05) is 0 Å². The summed E-state index contributed by atoms with van der Waals surface area (Å²) in [5, 5.41) is 0. The molecule has 2 unspecified atom stereocenters. The first kappa shape index (κ1) is 38.9. The summed E-state index contributed by atoms with van der Waals surface area (Å²) in [5.41, 5.74) is -4.27. The summed E-state index contributed by atoms with van der Waals surface area (Å²) in [5.74, 6) is -2.98. The van der Waals surface area contributed by atoms with E-state index in [2.05, 4.69) is 0 Å². The first-order chi connectivity index (χ1) is 23.8. The van der Waals surface area contributed by atoms with E-state index in [0.29, 0.717) is 0 Å². The molecule has 0 saturated heterocycles. The Morgan fingerprint density at radius 2 is 0.808 bits per heavy atom. The number of alkyl halides is 12. The molecule has 0 N–H and O–H groups in total. The fourth-order valence-corrected chi connectivity index (χ4v) is 37.6. The van der Waals surface area contributed by atoms with Gasteiger partial charge in [0.2, 0.25) is 0 Å². The maximum atomic E-state index is 15.2. The average Bonchev–Trinajstić information content (AvgIpc) is 3.66. The predicted octanol–water partition coefficient (Wildman–Crippen LogP) is 13.7. The van der Waals surface area contributed by atoms with Crippen molar-refractivity contribution in [1.29, 1.82) is 0 Å². The second kappa shape index (κ2) is 12.6. The topological polar surface area (TPSA) is 0 Å². The Morgan fingerprint density at radius 1 is 0.481 bits per heavy atom. The zero-order valence-corrected chi connectivity index (χ0v) is 31.9. The molecule has 0 aliphatic heterocycles. The van der Waals surface area contributed by atoms with Gasteiger partial charge in [0, 0.05) is 0 Å². The van der Waals surface area contributed by atoms with Gasteiger partial charge >= 0.3 is 300 Å². The van der Waals surface area contributed by atoms with E-state index in [9.17, 15) is 26.3 Å². The molecule has 275 valence electrons. The van der Waals surface area contributed by atoms with E-state index in [1.165, 1.54) is 49.5 Å². The van der Waals surface area contributed by atoms with Crippen LogP contribution in [0, 0.1) is 0 Å². The third-order valence-electron chi connectivity index (χ3n) is 10.0. The van der Waals surface area contributed by atoms with Crippen molar-refractivity contribution in [3.05, 3.63) is 129 Å². The second-order valence-corrected chi connectivity index (χ2v) is 55.7. The van der Waals surface area contributed by atoms with Gasteiger partial charge < -0.3 is 0 Å². The summed E-state index contributed by atoms with van der Waals surface area (Å²) in [6.45, 7) is 3.03. The number of allylic oxidation sites excluding steroid dienone is 2. The van der Waals surface area contributed by atoms with Crippen molar-refractivity contribution < 1.29 is 68.2 Å². The van der Waals surface area contributed by atoms with Crippen molar-refractivity contribution in [1.82, 2.24) is 0 Å². The van der Waals surface area contributed by atoms with E-state index in [-0.39, 0.29) is 44.5 Å². The molecule has 0 fully saturated rings. The Labute approximate surface area is 298 Å². The van der Waals surface area contributed by atoms with Gasteiger partial charge in [0.1, 0.15) is 0 Å². The first-order valence-electron chi connectivity index (χ1n) is 15.6. The van der Waals surface area contributed by atoms with Crippen LogP contribution in [0.2, 0.25) is 13.1 Å². The molecule has 0 amide bonds. The van der Waals surface area contributed by atoms with Crippen molar-refractivity contribution in [3.8, 4) is 22.3 Å². The van der Waals surface area contributed by atoms with Crippen molar-refractivity contribution >= 4 is 35.1 Å². The van der Waals surface area contributed by atoms with E-state index >= 15 is 26.3 Å². The number of halogens is 14. The summed E-state index contributed by atoms with van der Waals surface area (Å²) in [6.07, 6.45) is -18.1. The fraction of sp³-hybridized carbons (Fsp3) is 0.222. The molecule has 2 aliphatic rings. The van der Waals surface area contributed by atoms with Crippen LogP contribution in [0.5, 0.6) is 0 Å². The van der Waals surface area contributed by atoms with Gasteiger partial charge in [-0.15, -0.1) is 0 Å². The third-order valence-corrected chi connectivity index (χ3v) is 61.6. The molecular formula is C36H25Cl2F12SiZr. The molecule has 0 spiro atoms. The van der Waals surface area contributed by atoms with E-state index in [4.69, 9.17) is 17.0 Å². The standard InChI is InChI=1S/2C17H9F6.C2H7Si.2ClH.Zr/c2*18-16(19,20)12-6-4-10(5-7-12)14-3-1-2-11-8-13(9-15(11)14)17(21,22)23;1-3-2;;;/h2*1-9H;3H,1-2H3;2*1H;/q;;;;;+2/p-2. The maximum absolute atomic E-state index is 15.2. The minimum atomic E-state index is -6.77. The van der Waals surface area contributed by atoms with Gasteiger partial charge in [-0.05, 0) is 0 Å².